The van der Waals surface area contributed by atoms with E-state index in [-0.39, 0.29) is 23.6 Å². The first-order valence-electron chi connectivity index (χ1n) is 10.4. The predicted molar refractivity (Wildman–Crippen MR) is 115 cm³/mol. The van der Waals surface area contributed by atoms with E-state index in [1.54, 1.807) is 0 Å². The molecule has 5 nitrogen and oxygen atoms in total. The molecule has 29 heavy (non-hydrogen) atoms. The summed E-state index contributed by atoms with van der Waals surface area (Å²) < 4.78 is 1.81. The number of amides is 1. The highest BCUT2D eigenvalue weighted by Crippen LogP contribution is 2.35. The minimum absolute atomic E-state index is 0.00159. The number of carbonyl (C=O) groups is 1. The molecule has 3 aromatic rings. The molecule has 4 rings (SSSR count). The summed E-state index contributed by atoms with van der Waals surface area (Å²) in [5, 5.41) is 3.79. The van der Waals surface area contributed by atoms with Gasteiger partial charge in [-0.1, -0.05) is 48.9 Å². The lowest BCUT2D eigenvalue weighted by atomic mass is 10.0. The van der Waals surface area contributed by atoms with Gasteiger partial charge in [-0.05, 0) is 43.9 Å². The SMILES string of the molecule is CCC(NC(=O)CCc1nc2ccccc2c(=O)n1C1CC1)c1ccc(C)cc1. The van der Waals surface area contributed by atoms with Gasteiger partial charge in [0.2, 0.25) is 5.91 Å². The molecule has 1 unspecified atom stereocenters. The zero-order valence-corrected chi connectivity index (χ0v) is 17.0. The summed E-state index contributed by atoms with van der Waals surface area (Å²) in [4.78, 5) is 30.3. The van der Waals surface area contributed by atoms with Crippen LogP contribution in [0.1, 0.15) is 61.6 Å². The lowest BCUT2D eigenvalue weighted by Crippen LogP contribution is -2.30. The number of hydrogen-bond acceptors (Lipinski definition) is 3. The van der Waals surface area contributed by atoms with E-state index in [4.69, 9.17) is 4.98 Å². The Kier molecular flexibility index (Phi) is 5.47. The van der Waals surface area contributed by atoms with E-state index in [9.17, 15) is 9.59 Å². The molecule has 1 saturated carbocycles. The van der Waals surface area contributed by atoms with Crippen LogP contribution in [0, 0.1) is 6.92 Å². The molecule has 0 radical (unpaired) electrons. The Morgan fingerprint density at radius 1 is 1.17 bits per heavy atom. The number of nitrogens with one attached hydrogen (secondary N) is 1. The summed E-state index contributed by atoms with van der Waals surface area (Å²) in [5.41, 5.74) is 3.04. The summed E-state index contributed by atoms with van der Waals surface area (Å²) in [6.07, 6.45) is 3.62. The second-order valence-electron chi connectivity index (χ2n) is 7.89. The van der Waals surface area contributed by atoms with Gasteiger partial charge in [0, 0.05) is 18.9 Å². The fourth-order valence-corrected chi connectivity index (χ4v) is 3.79. The van der Waals surface area contributed by atoms with Gasteiger partial charge in [-0.3, -0.25) is 14.2 Å². The highest BCUT2D eigenvalue weighted by atomic mass is 16.1. The lowest BCUT2D eigenvalue weighted by Gasteiger charge is -2.18. The number of benzene rings is 2. The standard InChI is InChI=1S/C24H27N3O2/c1-3-20(17-10-8-16(2)9-11-17)26-23(28)15-14-22-25-21-7-5-4-6-19(21)24(29)27(22)18-12-13-18/h4-11,18,20H,3,12-15H2,1-2H3,(H,26,28). The van der Waals surface area contributed by atoms with E-state index in [0.717, 1.165) is 30.7 Å². The second kappa shape index (κ2) is 8.19. The Bertz CT molecular complexity index is 1080. The molecule has 150 valence electrons. The summed E-state index contributed by atoms with van der Waals surface area (Å²) in [6, 6.07) is 15.9. The van der Waals surface area contributed by atoms with Gasteiger partial charge in [-0.2, -0.15) is 0 Å². The smallest absolute Gasteiger partial charge is 0.261 e. The molecule has 1 aromatic heterocycles. The molecule has 1 fully saturated rings. The Morgan fingerprint density at radius 3 is 2.59 bits per heavy atom. The van der Waals surface area contributed by atoms with E-state index in [1.165, 1.54) is 5.56 Å². The molecule has 1 amide bonds. The topological polar surface area (TPSA) is 64.0 Å². The highest BCUT2D eigenvalue weighted by molar-refractivity contribution is 5.78. The fraction of sp³-hybridized carbons (Fsp3) is 0.375. The Morgan fingerprint density at radius 2 is 1.90 bits per heavy atom. The van der Waals surface area contributed by atoms with Crippen LogP contribution >= 0.6 is 0 Å². The van der Waals surface area contributed by atoms with Gasteiger partial charge in [-0.15, -0.1) is 0 Å². The monoisotopic (exact) mass is 389 g/mol. The number of carbonyl (C=O) groups excluding carboxylic acids is 1. The number of aryl methyl sites for hydroxylation is 2. The maximum absolute atomic E-state index is 12.9. The molecule has 0 spiro atoms. The van der Waals surface area contributed by atoms with E-state index >= 15 is 0 Å². The van der Waals surface area contributed by atoms with Gasteiger partial charge in [0.15, 0.2) is 0 Å². The van der Waals surface area contributed by atoms with Crippen molar-refractivity contribution in [2.45, 2.75) is 58.0 Å². The number of aromatic nitrogens is 2. The molecule has 1 heterocycles. The predicted octanol–water partition coefficient (Wildman–Crippen LogP) is 4.24. The van der Waals surface area contributed by atoms with Crippen LogP contribution in [0.4, 0.5) is 0 Å². The normalized spacial score (nSPS) is 14.7. The van der Waals surface area contributed by atoms with Crippen LogP contribution in [0.3, 0.4) is 0 Å². The minimum atomic E-state index is -0.0119. The molecule has 1 N–H and O–H groups in total. The lowest BCUT2D eigenvalue weighted by molar-refractivity contribution is -0.121. The molecule has 2 aromatic carbocycles. The molecule has 1 aliphatic carbocycles. The first-order chi connectivity index (χ1) is 14.1. The van der Waals surface area contributed by atoms with Gasteiger partial charge >= 0.3 is 0 Å². The molecule has 0 bridgehead atoms. The van der Waals surface area contributed by atoms with Crippen LogP contribution in [0.2, 0.25) is 0 Å². The Balaban J connectivity index is 1.50. The maximum Gasteiger partial charge on any atom is 0.261 e. The number of nitrogens with zero attached hydrogens (tertiary/aromatic N) is 2. The third-order valence-electron chi connectivity index (χ3n) is 5.59. The van der Waals surface area contributed by atoms with E-state index in [1.807, 2.05) is 28.8 Å². The number of rotatable bonds is 7. The summed E-state index contributed by atoms with van der Waals surface area (Å²) in [5.74, 6) is 0.705. The van der Waals surface area contributed by atoms with Gasteiger partial charge in [0.05, 0.1) is 16.9 Å². The van der Waals surface area contributed by atoms with Crippen molar-refractivity contribution in [2.75, 3.05) is 0 Å². The van der Waals surface area contributed by atoms with Crippen molar-refractivity contribution in [3.8, 4) is 0 Å². The Labute approximate surface area is 170 Å². The number of para-hydroxylation sites is 1. The Hall–Kier alpha value is -2.95. The molecule has 0 saturated heterocycles. The number of fused-ring (bicyclic) bond motifs is 1. The summed E-state index contributed by atoms with van der Waals surface area (Å²) in [6.45, 7) is 4.12. The van der Waals surface area contributed by atoms with Crippen LogP contribution in [0.15, 0.2) is 53.3 Å². The average Bonchev–Trinajstić information content (AvgIpc) is 3.56. The van der Waals surface area contributed by atoms with Crippen LogP contribution < -0.4 is 10.9 Å². The molecule has 0 aliphatic heterocycles. The first kappa shape index (κ1) is 19.4. The second-order valence-corrected chi connectivity index (χ2v) is 7.89. The van der Waals surface area contributed by atoms with Crippen LogP contribution in [-0.4, -0.2) is 15.5 Å². The minimum Gasteiger partial charge on any atom is -0.349 e. The van der Waals surface area contributed by atoms with E-state index in [0.29, 0.717) is 23.7 Å². The molecule has 1 atom stereocenters. The average molecular weight is 389 g/mol. The van der Waals surface area contributed by atoms with Gasteiger partial charge < -0.3 is 5.32 Å². The van der Waals surface area contributed by atoms with Crippen molar-refractivity contribution >= 4 is 16.8 Å². The fourth-order valence-electron chi connectivity index (χ4n) is 3.79. The van der Waals surface area contributed by atoms with Gasteiger partial charge in [0.25, 0.3) is 5.56 Å². The molecule has 5 heteroatoms. The number of hydrogen-bond donors (Lipinski definition) is 1. The van der Waals surface area contributed by atoms with Crippen molar-refractivity contribution in [3.05, 3.63) is 75.8 Å². The largest absolute Gasteiger partial charge is 0.349 e. The van der Waals surface area contributed by atoms with Crippen molar-refractivity contribution in [1.29, 1.82) is 0 Å². The summed E-state index contributed by atoms with van der Waals surface area (Å²) >= 11 is 0. The zero-order valence-electron chi connectivity index (χ0n) is 17.0. The highest BCUT2D eigenvalue weighted by Gasteiger charge is 2.28. The maximum atomic E-state index is 12.9. The third kappa shape index (κ3) is 4.24. The van der Waals surface area contributed by atoms with E-state index in [2.05, 4.69) is 43.4 Å². The molecular formula is C24H27N3O2. The molecular weight excluding hydrogens is 362 g/mol. The van der Waals surface area contributed by atoms with Gasteiger partial charge in [-0.25, -0.2) is 4.98 Å². The quantitative estimate of drug-likeness (QED) is 0.657. The van der Waals surface area contributed by atoms with Crippen LogP contribution in [0.5, 0.6) is 0 Å². The van der Waals surface area contributed by atoms with Crippen molar-refractivity contribution in [3.63, 3.8) is 0 Å². The molecule has 1 aliphatic rings. The van der Waals surface area contributed by atoms with Crippen molar-refractivity contribution < 1.29 is 4.79 Å². The van der Waals surface area contributed by atoms with Crippen molar-refractivity contribution in [1.82, 2.24) is 14.9 Å². The van der Waals surface area contributed by atoms with E-state index < -0.39 is 0 Å². The van der Waals surface area contributed by atoms with Crippen LogP contribution in [-0.2, 0) is 11.2 Å². The summed E-state index contributed by atoms with van der Waals surface area (Å²) in [7, 11) is 0. The zero-order chi connectivity index (χ0) is 20.4. The first-order valence-corrected chi connectivity index (χ1v) is 10.4. The van der Waals surface area contributed by atoms with Gasteiger partial charge in [0.1, 0.15) is 5.82 Å². The third-order valence-corrected chi connectivity index (χ3v) is 5.59. The van der Waals surface area contributed by atoms with Crippen LogP contribution in [0.25, 0.3) is 10.9 Å². The van der Waals surface area contributed by atoms with Crippen molar-refractivity contribution in [2.24, 2.45) is 0 Å².